The molecule has 0 radical (unpaired) electrons. The number of allylic oxidation sites excluding steroid dienone is 3. The molecule has 2 aromatic carbocycles. The first-order valence-electron chi connectivity index (χ1n) is 23.3. The first kappa shape index (κ1) is 39.9. The van der Waals surface area contributed by atoms with E-state index in [0.717, 1.165) is 24.2 Å². The molecule has 4 nitrogen and oxygen atoms in total. The largest absolute Gasteiger partial charge is 0.380 e. The number of aliphatic hydroxyl groups is 1. The van der Waals surface area contributed by atoms with Gasteiger partial charge >= 0.3 is 0 Å². The van der Waals surface area contributed by atoms with E-state index < -0.39 is 6.10 Å². The highest BCUT2D eigenvalue weighted by Crippen LogP contribution is 2.78. The summed E-state index contributed by atoms with van der Waals surface area (Å²) < 4.78 is 0. The third-order valence-electron chi connectivity index (χ3n) is 19.6. The van der Waals surface area contributed by atoms with Crippen molar-refractivity contribution in [3.05, 3.63) is 89.5 Å². The van der Waals surface area contributed by atoms with Crippen LogP contribution in [-0.2, 0) is 0 Å². The van der Waals surface area contributed by atoms with Crippen LogP contribution in [0.3, 0.4) is 0 Å². The number of rotatable bonds is 10. The molecule has 0 spiro atoms. The summed E-state index contributed by atoms with van der Waals surface area (Å²) in [6.07, 6.45) is 19.1. The topological polar surface area (TPSA) is 43.8 Å². The van der Waals surface area contributed by atoms with E-state index >= 15 is 0 Å². The van der Waals surface area contributed by atoms with Crippen LogP contribution in [0.5, 0.6) is 0 Å². The molecular weight excluding hydrogens is 697 g/mol. The summed E-state index contributed by atoms with van der Waals surface area (Å²) >= 11 is 0. The maximum absolute atomic E-state index is 13.1. The zero-order chi connectivity index (χ0) is 40.2. The van der Waals surface area contributed by atoms with E-state index in [-0.39, 0.29) is 16.6 Å². The van der Waals surface area contributed by atoms with E-state index in [9.17, 15) is 9.90 Å². The number of benzene rings is 2. The minimum atomic E-state index is -1.15. The monoisotopic (exact) mass is 771 g/mol. The molecule has 308 valence electrons. The Hall–Kier alpha value is -2.53. The van der Waals surface area contributed by atoms with E-state index in [1.54, 1.807) is 12.1 Å². The van der Waals surface area contributed by atoms with Gasteiger partial charge in [0, 0.05) is 24.2 Å². The Morgan fingerprint density at radius 3 is 2.21 bits per heavy atom. The normalized spacial score (nSPS) is 39.7. The molecule has 6 aliphatic carbocycles. The zero-order valence-electron chi connectivity index (χ0n) is 36.7. The van der Waals surface area contributed by atoms with Gasteiger partial charge in [-0.2, -0.15) is 0 Å². The van der Waals surface area contributed by atoms with Gasteiger partial charge in [0.1, 0.15) is 6.10 Å². The van der Waals surface area contributed by atoms with E-state index in [2.05, 4.69) is 76.6 Å². The molecule has 9 rings (SSSR count). The van der Waals surface area contributed by atoms with Crippen molar-refractivity contribution in [1.82, 2.24) is 9.80 Å². The van der Waals surface area contributed by atoms with Gasteiger partial charge in [0.15, 0.2) is 5.78 Å². The third kappa shape index (κ3) is 6.09. The number of nitrogens with zero attached hydrogens (tertiary/aromatic N) is 2. The maximum Gasteiger partial charge on any atom is 0.195 e. The molecule has 7 aliphatic rings. The second-order valence-electron chi connectivity index (χ2n) is 22.4. The maximum atomic E-state index is 13.1. The van der Waals surface area contributed by atoms with E-state index in [1.165, 1.54) is 120 Å². The number of likely N-dealkylation sites (tertiary alicyclic amines) is 1. The second kappa shape index (κ2) is 14.0. The Morgan fingerprint density at radius 2 is 1.54 bits per heavy atom. The molecule has 6 fully saturated rings. The lowest BCUT2D eigenvalue weighted by Gasteiger charge is -2.72. The fraction of sp³-hybridized carbons (Fsp3) is 0.679. The summed E-state index contributed by atoms with van der Waals surface area (Å²) in [4.78, 5) is 18.8. The lowest BCUT2D eigenvalue weighted by Crippen LogP contribution is -2.66. The van der Waals surface area contributed by atoms with Crippen LogP contribution in [0.25, 0.3) is 5.57 Å². The quantitative estimate of drug-likeness (QED) is 0.193. The number of carbonyl (C=O) groups is 1. The van der Waals surface area contributed by atoms with Gasteiger partial charge in [-0.05, 0) is 184 Å². The molecular formula is C53H74N2O2. The van der Waals surface area contributed by atoms with Crippen molar-refractivity contribution in [3.8, 4) is 0 Å². The molecule has 1 heterocycles. The molecule has 1 aliphatic heterocycles. The highest BCUT2D eigenvalue weighted by Gasteiger charge is 2.70. The Morgan fingerprint density at radius 1 is 0.842 bits per heavy atom. The number of hydrogen-bond acceptors (Lipinski definition) is 4. The molecule has 5 saturated carbocycles. The average Bonchev–Trinajstić information content (AvgIpc) is 3.60. The standard InChI is InChI=1S/C53H74N2O2/c1-36(2)40-22-27-52(34-54(8)53(30-31-53)35-55-32-12-13-33-55)29-28-50(6)42(45(40)52)20-21-44-49(5)25-23-41(48(3,4)43(49)24-26-51(44,50)7)37-16-18-39(19-17-37)47(57)46(56)38-14-10-9-11-15-38/h9-11,14-19,23,40,42-45,47,57H,1,12-13,20-22,24-35H2,2-8H3/t40-,42+,43-,44+,45+,47?,49-,50+,51+,52+/m0/s1. The molecule has 2 aromatic rings. The van der Waals surface area contributed by atoms with E-state index in [1.807, 2.05) is 30.3 Å². The Balaban J connectivity index is 0.968. The van der Waals surface area contributed by atoms with Crippen molar-refractivity contribution in [2.75, 3.05) is 33.2 Å². The van der Waals surface area contributed by atoms with Crippen molar-refractivity contribution in [2.45, 2.75) is 137 Å². The smallest absolute Gasteiger partial charge is 0.195 e. The van der Waals surface area contributed by atoms with Crippen molar-refractivity contribution in [3.63, 3.8) is 0 Å². The number of carbonyl (C=O) groups excluding carboxylic acids is 1. The van der Waals surface area contributed by atoms with Gasteiger partial charge < -0.3 is 10.0 Å². The van der Waals surface area contributed by atoms with E-state index in [0.29, 0.717) is 44.7 Å². The first-order valence-corrected chi connectivity index (χ1v) is 23.3. The molecule has 1 N–H and O–H groups in total. The van der Waals surface area contributed by atoms with Crippen LogP contribution < -0.4 is 0 Å². The van der Waals surface area contributed by atoms with Crippen LogP contribution in [0.1, 0.15) is 153 Å². The SMILES string of the molecule is C=C(C)[C@@H]1CC[C@]2(CN(C)C3(CN4CCCC4)CC3)CC[C@]3(C)[C@H](CC[C@@H]4[C@@]5(C)CC=C(c6ccc(C(O)C(=O)c7ccccc7)cc6)C(C)(C)[C@@H]5CC[C@]43C)[C@@H]12. The third-order valence-corrected chi connectivity index (χ3v) is 19.6. The number of aliphatic hydroxyl groups excluding tert-OH is 1. The van der Waals surface area contributed by atoms with Crippen molar-refractivity contribution < 1.29 is 9.90 Å². The number of ketones is 1. The molecule has 57 heavy (non-hydrogen) atoms. The first-order chi connectivity index (χ1) is 27.1. The van der Waals surface area contributed by atoms with Crippen LogP contribution >= 0.6 is 0 Å². The number of hydrogen-bond donors (Lipinski definition) is 1. The summed E-state index contributed by atoms with van der Waals surface area (Å²) in [5.41, 5.74) is 7.19. The Labute approximate surface area is 346 Å². The highest BCUT2D eigenvalue weighted by atomic mass is 16.3. The van der Waals surface area contributed by atoms with Crippen LogP contribution in [0.4, 0.5) is 0 Å². The van der Waals surface area contributed by atoms with Gasteiger partial charge in [0.2, 0.25) is 0 Å². The van der Waals surface area contributed by atoms with Crippen molar-refractivity contribution >= 4 is 11.4 Å². The average molecular weight is 771 g/mol. The van der Waals surface area contributed by atoms with Gasteiger partial charge in [-0.15, -0.1) is 0 Å². The van der Waals surface area contributed by atoms with Crippen LogP contribution in [0, 0.1) is 56.7 Å². The summed E-state index contributed by atoms with van der Waals surface area (Å²) in [6.45, 7) is 25.7. The molecule has 0 amide bonds. The molecule has 1 saturated heterocycles. The number of Topliss-reactive ketones (excluding diaryl/α,β-unsaturated/α-hetero) is 1. The lowest BCUT2D eigenvalue weighted by molar-refractivity contribution is -0.227. The lowest BCUT2D eigenvalue weighted by atomic mass is 9.32. The fourth-order valence-electron chi connectivity index (χ4n) is 16.2. The predicted octanol–water partition coefficient (Wildman–Crippen LogP) is 11.8. The van der Waals surface area contributed by atoms with Gasteiger partial charge in [0.25, 0.3) is 0 Å². The summed E-state index contributed by atoms with van der Waals surface area (Å²) in [5.74, 6) is 3.31. The van der Waals surface area contributed by atoms with Crippen LogP contribution in [-0.4, -0.2) is 59.5 Å². The van der Waals surface area contributed by atoms with Gasteiger partial charge in [-0.25, -0.2) is 0 Å². The zero-order valence-corrected chi connectivity index (χ0v) is 36.7. The Bertz CT molecular complexity index is 1890. The molecule has 0 bridgehead atoms. The minimum absolute atomic E-state index is 0.0305. The van der Waals surface area contributed by atoms with Crippen LogP contribution in [0.15, 0.2) is 72.8 Å². The predicted molar refractivity (Wildman–Crippen MR) is 235 cm³/mol. The summed E-state index contributed by atoms with van der Waals surface area (Å²) in [6, 6.07) is 17.4. The van der Waals surface area contributed by atoms with Gasteiger partial charge in [-0.3, -0.25) is 9.69 Å². The Kier molecular flexibility index (Phi) is 9.82. The van der Waals surface area contributed by atoms with Crippen LogP contribution in [0.2, 0.25) is 0 Å². The van der Waals surface area contributed by atoms with Gasteiger partial charge in [-0.1, -0.05) is 107 Å². The summed E-state index contributed by atoms with van der Waals surface area (Å²) in [5, 5.41) is 11.0. The summed E-state index contributed by atoms with van der Waals surface area (Å²) in [7, 11) is 2.52. The number of fused-ring (bicyclic) bond motifs is 7. The molecule has 10 atom stereocenters. The highest BCUT2D eigenvalue weighted by molar-refractivity contribution is 5.99. The van der Waals surface area contributed by atoms with Crippen molar-refractivity contribution in [2.24, 2.45) is 56.7 Å². The van der Waals surface area contributed by atoms with Crippen molar-refractivity contribution in [1.29, 1.82) is 0 Å². The molecule has 4 heteroatoms. The number of likely N-dealkylation sites (N-methyl/N-ethyl adjacent to an activating group) is 1. The van der Waals surface area contributed by atoms with Gasteiger partial charge in [0.05, 0.1) is 0 Å². The fourth-order valence-corrected chi connectivity index (χ4v) is 16.2. The second-order valence-corrected chi connectivity index (χ2v) is 22.4. The molecule has 0 aromatic heterocycles. The minimum Gasteiger partial charge on any atom is -0.380 e. The van der Waals surface area contributed by atoms with E-state index in [4.69, 9.17) is 6.58 Å². The molecule has 1 unspecified atom stereocenters.